The molecule has 1 aliphatic rings. The van der Waals surface area contributed by atoms with Crippen LogP contribution in [0, 0.1) is 24.1 Å². The van der Waals surface area contributed by atoms with Crippen LogP contribution in [-0.4, -0.2) is 35.4 Å². The molecule has 0 radical (unpaired) electrons. The van der Waals surface area contributed by atoms with Gasteiger partial charge in [-0.05, 0) is 62.9 Å². The number of nitrogens with one attached hydrogen (secondary N) is 1. The van der Waals surface area contributed by atoms with Gasteiger partial charge in [0.25, 0.3) is 0 Å². The summed E-state index contributed by atoms with van der Waals surface area (Å²) < 4.78 is 18.3. The molecule has 0 aliphatic heterocycles. The van der Waals surface area contributed by atoms with Crippen LogP contribution in [0.2, 0.25) is 0 Å². The van der Waals surface area contributed by atoms with Crippen LogP contribution >= 0.6 is 11.8 Å². The number of hydrogen-bond acceptors (Lipinski definition) is 7. The Labute approximate surface area is 223 Å². The second-order valence-corrected chi connectivity index (χ2v) is 10.4. The molecule has 1 aliphatic carbocycles. The third-order valence-corrected chi connectivity index (χ3v) is 8.07. The molecule has 38 heavy (non-hydrogen) atoms. The molecule has 0 unspecified atom stereocenters. The van der Waals surface area contributed by atoms with Crippen LogP contribution < -0.4 is 5.32 Å². The van der Waals surface area contributed by atoms with Crippen molar-refractivity contribution in [3.05, 3.63) is 84.5 Å². The monoisotopic (exact) mass is 524 g/mol. The third kappa shape index (κ3) is 4.61. The predicted molar refractivity (Wildman–Crippen MR) is 143 cm³/mol. The second-order valence-electron chi connectivity index (χ2n) is 9.40. The molecule has 5 aromatic rings. The number of nitrogens with zero attached hydrogens (tertiary/aromatic N) is 7. The van der Waals surface area contributed by atoms with E-state index in [4.69, 9.17) is 5.10 Å². The number of rotatable bonds is 6. The van der Waals surface area contributed by atoms with Crippen molar-refractivity contribution in [1.29, 1.82) is 5.26 Å². The summed E-state index contributed by atoms with van der Waals surface area (Å²) in [5, 5.41) is 22.6. The smallest absolute Gasteiger partial charge is 0.155 e. The highest BCUT2D eigenvalue weighted by Gasteiger charge is 2.25. The zero-order chi connectivity index (χ0) is 26.1. The van der Waals surface area contributed by atoms with Gasteiger partial charge in [-0.1, -0.05) is 17.8 Å². The van der Waals surface area contributed by atoms with Gasteiger partial charge in [0.1, 0.15) is 16.9 Å². The molecule has 8 nitrogen and oxygen atoms in total. The molecule has 1 fully saturated rings. The Hall–Kier alpha value is -4.23. The minimum atomic E-state index is -0.406. The lowest BCUT2D eigenvalue weighted by molar-refractivity contribution is 0.309. The fraction of sp³-hybridized carbons (Fsp3) is 0.250. The first-order valence-corrected chi connectivity index (χ1v) is 13.3. The highest BCUT2D eigenvalue weighted by molar-refractivity contribution is 7.99. The van der Waals surface area contributed by atoms with Crippen LogP contribution in [-0.2, 0) is 0 Å². The van der Waals surface area contributed by atoms with Crippen molar-refractivity contribution >= 4 is 23.1 Å². The summed E-state index contributed by atoms with van der Waals surface area (Å²) in [7, 11) is 0. The fourth-order valence-corrected chi connectivity index (χ4v) is 6.11. The number of halogens is 1. The lowest BCUT2D eigenvalue weighted by Gasteiger charge is -2.30. The quantitative estimate of drug-likeness (QED) is 0.289. The van der Waals surface area contributed by atoms with E-state index < -0.39 is 5.82 Å². The van der Waals surface area contributed by atoms with Gasteiger partial charge in [0.05, 0.1) is 29.5 Å². The number of anilines is 1. The molecule has 0 bridgehead atoms. The summed E-state index contributed by atoms with van der Waals surface area (Å²) in [6.07, 6.45) is 12.8. The summed E-state index contributed by atoms with van der Waals surface area (Å²) in [5.74, 6) is 0.512. The lowest BCUT2D eigenvalue weighted by Crippen LogP contribution is -2.28. The Bertz CT molecular complexity index is 1630. The van der Waals surface area contributed by atoms with E-state index in [1.54, 1.807) is 23.0 Å². The van der Waals surface area contributed by atoms with Crippen molar-refractivity contribution in [2.75, 3.05) is 5.32 Å². The zero-order valence-electron chi connectivity index (χ0n) is 20.8. The normalized spacial score (nSPS) is 17.4. The van der Waals surface area contributed by atoms with E-state index in [1.165, 1.54) is 24.0 Å². The van der Waals surface area contributed by atoms with E-state index in [1.807, 2.05) is 36.7 Å². The van der Waals surface area contributed by atoms with Gasteiger partial charge in [-0.3, -0.25) is 4.68 Å². The Balaban J connectivity index is 1.27. The lowest BCUT2D eigenvalue weighted by atomic mass is 9.91. The van der Waals surface area contributed by atoms with Crippen molar-refractivity contribution in [3.8, 4) is 17.2 Å². The number of pyridine rings is 3. The molecule has 5 heterocycles. The van der Waals surface area contributed by atoms with Gasteiger partial charge in [0, 0.05) is 46.3 Å². The van der Waals surface area contributed by atoms with Crippen molar-refractivity contribution in [1.82, 2.24) is 29.4 Å². The average molecular weight is 525 g/mol. The molecule has 0 atom stereocenters. The number of aromatic nitrogens is 6. The molecule has 190 valence electrons. The highest BCUT2D eigenvalue weighted by Crippen LogP contribution is 2.38. The molecule has 0 aromatic carbocycles. The van der Waals surface area contributed by atoms with E-state index in [9.17, 15) is 9.65 Å². The minimum absolute atomic E-state index is 0.250. The molecule has 0 saturated heterocycles. The minimum Gasteiger partial charge on any atom is -0.367 e. The summed E-state index contributed by atoms with van der Waals surface area (Å²) in [6.45, 7) is 2.08. The van der Waals surface area contributed by atoms with Gasteiger partial charge < -0.3 is 5.32 Å². The van der Waals surface area contributed by atoms with E-state index in [0.29, 0.717) is 28.1 Å². The summed E-state index contributed by atoms with van der Waals surface area (Å²) in [5.41, 5.74) is 4.02. The van der Waals surface area contributed by atoms with Crippen LogP contribution in [0.4, 0.5) is 10.2 Å². The van der Waals surface area contributed by atoms with Gasteiger partial charge in [0.15, 0.2) is 5.82 Å². The first-order chi connectivity index (χ1) is 18.6. The maximum atomic E-state index is 14.4. The Kier molecular flexibility index (Phi) is 6.52. The van der Waals surface area contributed by atoms with Gasteiger partial charge >= 0.3 is 0 Å². The summed E-state index contributed by atoms with van der Waals surface area (Å²) in [6, 6.07) is 13.7. The largest absolute Gasteiger partial charge is 0.367 e. The first kappa shape index (κ1) is 24.1. The highest BCUT2D eigenvalue weighted by atomic mass is 32.2. The van der Waals surface area contributed by atoms with Crippen LogP contribution in [0.3, 0.4) is 0 Å². The first-order valence-electron chi connectivity index (χ1n) is 12.5. The van der Waals surface area contributed by atoms with E-state index in [2.05, 4.69) is 38.1 Å². The van der Waals surface area contributed by atoms with Crippen molar-refractivity contribution in [2.24, 2.45) is 0 Å². The molecule has 5 aromatic heterocycles. The summed E-state index contributed by atoms with van der Waals surface area (Å²) in [4.78, 5) is 9.29. The van der Waals surface area contributed by atoms with Crippen molar-refractivity contribution < 1.29 is 4.39 Å². The Morgan fingerprint density at radius 3 is 2.66 bits per heavy atom. The third-order valence-electron chi connectivity index (χ3n) is 7.04. The fourth-order valence-electron chi connectivity index (χ4n) is 5.14. The Morgan fingerprint density at radius 2 is 1.89 bits per heavy atom. The van der Waals surface area contributed by atoms with Gasteiger partial charge in [-0.15, -0.1) is 0 Å². The molecule has 10 heteroatoms. The zero-order valence-corrected chi connectivity index (χ0v) is 21.6. The molecular formula is C28H25FN8S. The predicted octanol–water partition coefficient (Wildman–Crippen LogP) is 6.05. The molecular weight excluding hydrogens is 499 g/mol. The molecule has 0 amide bonds. The van der Waals surface area contributed by atoms with Crippen LogP contribution in [0.5, 0.6) is 0 Å². The average Bonchev–Trinajstić information content (AvgIpc) is 3.54. The number of fused-ring (bicyclic) bond motifs is 1. The van der Waals surface area contributed by atoms with Crippen LogP contribution in [0.1, 0.15) is 43.0 Å². The summed E-state index contributed by atoms with van der Waals surface area (Å²) >= 11 is 1.19. The molecule has 1 N–H and O–H groups in total. The maximum absolute atomic E-state index is 14.4. The van der Waals surface area contributed by atoms with Crippen LogP contribution in [0.25, 0.3) is 16.6 Å². The molecule has 6 rings (SSSR count). The van der Waals surface area contributed by atoms with Gasteiger partial charge in [-0.2, -0.15) is 15.5 Å². The Morgan fingerprint density at radius 1 is 1.05 bits per heavy atom. The van der Waals surface area contributed by atoms with E-state index in [-0.39, 0.29) is 5.03 Å². The second kappa shape index (κ2) is 10.3. The molecule has 0 spiro atoms. The van der Waals surface area contributed by atoms with Crippen LogP contribution in [0.15, 0.2) is 77.3 Å². The molecule has 1 saturated carbocycles. The van der Waals surface area contributed by atoms with E-state index in [0.717, 1.165) is 48.3 Å². The van der Waals surface area contributed by atoms with E-state index >= 15 is 0 Å². The topological polar surface area (TPSA) is 96.7 Å². The SMILES string of the molecule is Cc1c(-c2cc(Sc3ncccc3F)c3c(C#N)cnn3c2)cnn1C1CCC(Nc2ccccn2)CC1. The number of nitriles is 1. The standard InChI is InChI=1S/C28H25FN8S/c1-18-23(16-34-37(18)22-9-7-21(8-10-22)35-26-6-2-3-11-31-26)19-13-25(38-28-24(29)5-4-12-32-28)27-20(14-30)15-33-36(27)17-19/h2-6,11-13,15-17,21-22H,7-10H2,1H3,(H,31,35). The van der Waals surface area contributed by atoms with Crippen molar-refractivity contribution in [3.63, 3.8) is 0 Å². The van der Waals surface area contributed by atoms with Gasteiger partial charge in [0.2, 0.25) is 0 Å². The van der Waals surface area contributed by atoms with Gasteiger partial charge in [-0.25, -0.2) is 18.9 Å². The maximum Gasteiger partial charge on any atom is 0.155 e. The van der Waals surface area contributed by atoms with Crippen molar-refractivity contribution in [2.45, 2.75) is 54.6 Å². The number of hydrogen-bond donors (Lipinski definition) is 1.